The van der Waals surface area contributed by atoms with Gasteiger partial charge in [0.05, 0.1) is 17.3 Å². The zero-order chi connectivity index (χ0) is 14.4. The zero-order valence-corrected chi connectivity index (χ0v) is 10.9. The molecular weight excluding hydrogens is 252 g/mol. The molecule has 1 amide bonds. The highest BCUT2D eigenvalue weighted by Gasteiger charge is 2.04. The molecule has 1 aromatic carbocycles. The van der Waals surface area contributed by atoms with Gasteiger partial charge in [-0.1, -0.05) is 12.1 Å². The first-order chi connectivity index (χ1) is 9.70. The molecule has 1 N–H and O–H groups in total. The number of hydrogen-bond acceptors (Lipinski definition) is 4. The monoisotopic (exact) mass is 264 g/mol. The number of carbonyl (C=O) groups excluding carboxylic acids is 1. The van der Waals surface area contributed by atoms with E-state index in [1.54, 1.807) is 55.7 Å². The van der Waals surface area contributed by atoms with Crippen molar-refractivity contribution in [3.63, 3.8) is 0 Å². The molecule has 0 bridgehead atoms. The molecule has 0 unspecified atom stereocenters. The van der Waals surface area contributed by atoms with Gasteiger partial charge in [-0.3, -0.25) is 9.78 Å². The fourth-order valence-corrected chi connectivity index (χ4v) is 1.55. The number of rotatable bonds is 3. The van der Waals surface area contributed by atoms with Crippen LogP contribution in [0.3, 0.4) is 0 Å². The van der Waals surface area contributed by atoms with Crippen LogP contribution in [0.2, 0.25) is 0 Å². The van der Waals surface area contributed by atoms with E-state index >= 15 is 0 Å². The van der Waals surface area contributed by atoms with Gasteiger partial charge in [-0.05, 0) is 36.8 Å². The van der Waals surface area contributed by atoms with Crippen LogP contribution in [0.4, 0.5) is 0 Å². The number of benzene rings is 1. The van der Waals surface area contributed by atoms with Crippen LogP contribution in [-0.4, -0.2) is 16.6 Å². The van der Waals surface area contributed by atoms with E-state index in [2.05, 4.69) is 15.5 Å². The van der Waals surface area contributed by atoms with Crippen molar-refractivity contribution in [2.24, 2.45) is 5.10 Å². The Morgan fingerprint density at radius 3 is 2.40 bits per heavy atom. The number of carbonyl (C=O) groups is 1. The third-order valence-corrected chi connectivity index (χ3v) is 2.70. The van der Waals surface area contributed by atoms with Crippen molar-refractivity contribution in [3.05, 3.63) is 65.5 Å². The molecule has 2 rings (SSSR count). The minimum absolute atomic E-state index is 0.291. The van der Waals surface area contributed by atoms with Gasteiger partial charge >= 0.3 is 0 Å². The first-order valence-electron chi connectivity index (χ1n) is 5.96. The van der Waals surface area contributed by atoms with Crippen LogP contribution in [0.5, 0.6) is 0 Å². The van der Waals surface area contributed by atoms with Crippen molar-refractivity contribution in [3.8, 4) is 6.07 Å². The Labute approximate surface area is 116 Å². The van der Waals surface area contributed by atoms with Crippen molar-refractivity contribution in [2.75, 3.05) is 0 Å². The highest BCUT2D eigenvalue weighted by Crippen LogP contribution is 2.04. The van der Waals surface area contributed by atoms with E-state index in [-0.39, 0.29) is 5.91 Å². The highest BCUT2D eigenvalue weighted by molar-refractivity contribution is 6.00. The Morgan fingerprint density at radius 1 is 1.15 bits per heavy atom. The van der Waals surface area contributed by atoms with Crippen LogP contribution >= 0.6 is 0 Å². The van der Waals surface area contributed by atoms with E-state index in [4.69, 9.17) is 5.26 Å². The van der Waals surface area contributed by atoms with Crippen molar-refractivity contribution >= 4 is 11.6 Å². The maximum atomic E-state index is 11.8. The number of aromatic nitrogens is 1. The van der Waals surface area contributed by atoms with Gasteiger partial charge in [0.25, 0.3) is 5.91 Å². The molecule has 0 fully saturated rings. The number of amides is 1. The number of pyridine rings is 1. The van der Waals surface area contributed by atoms with Gasteiger partial charge in [0.2, 0.25) is 0 Å². The number of hydrazone groups is 1. The lowest BCUT2D eigenvalue weighted by molar-refractivity contribution is 0.0954. The van der Waals surface area contributed by atoms with Gasteiger partial charge in [0.15, 0.2) is 0 Å². The van der Waals surface area contributed by atoms with Crippen LogP contribution in [-0.2, 0) is 0 Å². The molecule has 0 aliphatic rings. The van der Waals surface area contributed by atoms with E-state index in [9.17, 15) is 4.79 Å². The van der Waals surface area contributed by atoms with Crippen LogP contribution in [0, 0.1) is 11.3 Å². The van der Waals surface area contributed by atoms with Crippen molar-refractivity contribution in [2.45, 2.75) is 6.92 Å². The summed E-state index contributed by atoms with van der Waals surface area (Å²) in [6.45, 7) is 1.79. The first kappa shape index (κ1) is 13.4. The fourth-order valence-electron chi connectivity index (χ4n) is 1.55. The molecule has 0 saturated heterocycles. The normalized spacial score (nSPS) is 10.7. The summed E-state index contributed by atoms with van der Waals surface area (Å²) in [7, 11) is 0. The minimum atomic E-state index is -0.291. The van der Waals surface area contributed by atoms with Gasteiger partial charge in [0.1, 0.15) is 0 Å². The van der Waals surface area contributed by atoms with Gasteiger partial charge in [-0.15, -0.1) is 0 Å². The average molecular weight is 264 g/mol. The Morgan fingerprint density at radius 2 is 1.80 bits per heavy atom. The third-order valence-electron chi connectivity index (χ3n) is 2.70. The van der Waals surface area contributed by atoms with E-state index in [1.165, 1.54) is 0 Å². The maximum absolute atomic E-state index is 11.8. The lowest BCUT2D eigenvalue weighted by Crippen LogP contribution is -2.19. The molecular formula is C15H12N4O. The average Bonchev–Trinajstić information content (AvgIpc) is 2.53. The number of nitrogens with one attached hydrogen (secondary N) is 1. The van der Waals surface area contributed by atoms with Crippen molar-refractivity contribution < 1.29 is 4.79 Å². The molecule has 1 heterocycles. The molecule has 0 atom stereocenters. The fraction of sp³-hybridized carbons (Fsp3) is 0.0667. The summed E-state index contributed by atoms with van der Waals surface area (Å²) in [6.07, 6.45) is 3.10. The number of nitriles is 1. The van der Waals surface area contributed by atoms with E-state index in [0.29, 0.717) is 16.8 Å². The SMILES string of the molecule is C/C(=N\NC(=O)c1ccncc1)c1ccc(C#N)cc1. The lowest BCUT2D eigenvalue weighted by Gasteiger charge is -2.03. The second-order valence-electron chi connectivity index (χ2n) is 4.06. The van der Waals surface area contributed by atoms with E-state index < -0.39 is 0 Å². The Hall–Kier alpha value is -3.00. The molecule has 0 aliphatic heterocycles. The molecule has 0 saturated carbocycles. The molecule has 5 nitrogen and oxygen atoms in total. The second-order valence-corrected chi connectivity index (χ2v) is 4.06. The van der Waals surface area contributed by atoms with Gasteiger partial charge in [-0.2, -0.15) is 10.4 Å². The second kappa shape index (κ2) is 6.25. The van der Waals surface area contributed by atoms with Crippen LogP contribution in [0.15, 0.2) is 53.9 Å². The summed E-state index contributed by atoms with van der Waals surface area (Å²) in [5.74, 6) is -0.291. The Balaban J connectivity index is 2.07. The van der Waals surface area contributed by atoms with E-state index in [1.807, 2.05) is 6.07 Å². The summed E-state index contributed by atoms with van der Waals surface area (Å²) in [6, 6.07) is 12.3. The van der Waals surface area contributed by atoms with E-state index in [0.717, 1.165) is 5.56 Å². The zero-order valence-electron chi connectivity index (χ0n) is 10.9. The van der Waals surface area contributed by atoms with Crippen molar-refractivity contribution in [1.82, 2.24) is 10.4 Å². The highest BCUT2D eigenvalue weighted by atomic mass is 16.2. The predicted molar refractivity (Wildman–Crippen MR) is 75.1 cm³/mol. The lowest BCUT2D eigenvalue weighted by atomic mass is 10.1. The van der Waals surface area contributed by atoms with Crippen molar-refractivity contribution in [1.29, 1.82) is 5.26 Å². The molecule has 20 heavy (non-hydrogen) atoms. The summed E-state index contributed by atoms with van der Waals surface area (Å²) >= 11 is 0. The van der Waals surface area contributed by atoms with Gasteiger partial charge in [-0.25, -0.2) is 5.43 Å². The predicted octanol–water partition coefficient (Wildman–Crippen LogP) is 2.11. The molecule has 1 aromatic heterocycles. The van der Waals surface area contributed by atoms with Gasteiger partial charge in [0, 0.05) is 18.0 Å². The minimum Gasteiger partial charge on any atom is -0.267 e. The molecule has 98 valence electrons. The van der Waals surface area contributed by atoms with Gasteiger partial charge < -0.3 is 0 Å². The quantitative estimate of drug-likeness (QED) is 0.681. The van der Waals surface area contributed by atoms with Crippen LogP contribution < -0.4 is 5.43 Å². The number of hydrogen-bond donors (Lipinski definition) is 1. The number of nitrogens with zero attached hydrogens (tertiary/aromatic N) is 3. The summed E-state index contributed by atoms with van der Waals surface area (Å²) in [4.78, 5) is 15.6. The summed E-state index contributed by atoms with van der Waals surface area (Å²) in [5, 5.41) is 12.8. The molecule has 0 spiro atoms. The smallest absolute Gasteiger partial charge is 0.267 e. The first-order valence-corrected chi connectivity index (χ1v) is 5.96. The maximum Gasteiger partial charge on any atom is 0.271 e. The standard InChI is InChI=1S/C15H12N4O/c1-11(13-4-2-12(10-16)3-5-13)18-19-15(20)14-6-8-17-9-7-14/h2-9H,1H3,(H,19,20)/b18-11+. The molecule has 5 heteroatoms. The Kier molecular flexibility index (Phi) is 4.20. The topological polar surface area (TPSA) is 78.1 Å². The third kappa shape index (κ3) is 3.27. The summed E-state index contributed by atoms with van der Waals surface area (Å²) < 4.78 is 0. The Bertz CT molecular complexity index is 669. The van der Waals surface area contributed by atoms with Crippen LogP contribution in [0.1, 0.15) is 28.4 Å². The molecule has 0 aliphatic carbocycles. The summed E-state index contributed by atoms with van der Waals surface area (Å²) in [5.41, 5.74) is 5.07. The largest absolute Gasteiger partial charge is 0.271 e. The van der Waals surface area contributed by atoms with Crippen LogP contribution in [0.25, 0.3) is 0 Å². The molecule has 0 radical (unpaired) electrons. The molecule has 2 aromatic rings.